The highest BCUT2D eigenvalue weighted by molar-refractivity contribution is 6.03. The van der Waals surface area contributed by atoms with Gasteiger partial charge in [-0.05, 0) is 54.2 Å². The van der Waals surface area contributed by atoms with E-state index >= 15 is 0 Å². The molecular formula is C20H19N3O2. The van der Waals surface area contributed by atoms with Gasteiger partial charge >= 0.3 is 0 Å². The first kappa shape index (κ1) is 14.6. The Morgan fingerprint density at radius 2 is 1.72 bits per heavy atom. The van der Waals surface area contributed by atoms with Gasteiger partial charge in [-0.25, -0.2) is 0 Å². The van der Waals surface area contributed by atoms with Crippen molar-refractivity contribution in [2.75, 3.05) is 5.43 Å². The van der Waals surface area contributed by atoms with Gasteiger partial charge in [-0.15, -0.1) is 0 Å². The molecule has 0 heterocycles. The van der Waals surface area contributed by atoms with Crippen LogP contribution >= 0.6 is 0 Å². The first-order chi connectivity index (χ1) is 12.2. The third-order valence-electron chi connectivity index (χ3n) is 6.24. The predicted octanol–water partition coefficient (Wildman–Crippen LogP) is 4.31. The Morgan fingerprint density at radius 1 is 1.04 bits per heavy atom. The molecule has 4 fully saturated rings. The molecule has 2 aromatic carbocycles. The fourth-order valence-electron chi connectivity index (χ4n) is 5.20. The molecule has 4 bridgehead atoms. The predicted molar refractivity (Wildman–Crippen MR) is 96.4 cm³/mol. The van der Waals surface area contributed by atoms with E-state index in [1.54, 1.807) is 12.1 Å². The van der Waals surface area contributed by atoms with Crippen LogP contribution in [0.25, 0.3) is 0 Å². The maximum Gasteiger partial charge on any atom is 0.269 e. The molecule has 6 rings (SSSR count). The molecule has 0 aromatic heterocycles. The van der Waals surface area contributed by atoms with Crippen molar-refractivity contribution in [3.05, 3.63) is 70.3 Å². The molecule has 0 amide bonds. The number of hydrogen-bond donors (Lipinski definition) is 1. The van der Waals surface area contributed by atoms with E-state index in [4.69, 9.17) is 5.10 Å². The molecule has 4 aliphatic rings. The van der Waals surface area contributed by atoms with E-state index in [1.807, 2.05) is 6.07 Å². The van der Waals surface area contributed by atoms with E-state index in [2.05, 4.69) is 29.7 Å². The largest absolute Gasteiger partial charge is 0.278 e. The maximum atomic E-state index is 10.8. The second-order valence-electron chi connectivity index (χ2n) is 7.44. The average molecular weight is 333 g/mol. The van der Waals surface area contributed by atoms with E-state index < -0.39 is 0 Å². The summed E-state index contributed by atoms with van der Waals surface area (Å²) in [4.78, 5) is 10.4. The van der Waals surface area contributed by atoms with Gasteiger partial charge in [0.05, 0.1) is 16.3 Å². The van der Waals surface area contributed by atoms with Crippen LogP contribution in [0.5, 0.6) is 0 Å². The van der Waals surface area contributed by atoms with Crippen LogP contribution in [-0.4, -0.2) is 10.6 Å². The second kappa shape index (κ2) is 5.41. The van der Waals surface area contributed by atoms with Crippen molar-refractivity contribution in [3.63, 3.8) is 0 Å². The summed E-state index contributed by atoms with van der Waals surface area (Å²) in [5.41, 5.74) is 6.33. The zero-order valence-electron chi connectivity index (χ0n) is 13.7. The molecule has 1 N–H and O–H groups in total. The molecule has 0 aliphatic heterocycles. The van der Waals surface area contributed by atoms with Crippen molar-refractivity contribution in [1.82, 2.24) is 0 Å². The number of nitrogens with zero attached hydrogens (tertiary/aromatic N) is 2. The van der Waals surface area contributed by atoms with Crippen LogP contribution in [0.4, 0.5) is 11.4 Å². The zero-order chi connectivity index (χ0) is 17.0. The second-order valence-corrected chi connectivity index (χ2v) is 7.44. The van der Waals surface area contributed by atoms with Crippen LogP contribution in [0.1, 0.15) is 18.4 Å². The first-order valence-electron chi connectivity index (χ1n) is 8.86. The summed E-state index contributed by atoms with van der Waals surface area (Å²) < 4.78 is 0. The fraction of sp³-hybridized carbons (Fsp3) is 0.350. The Labute approximate surface area is 145 Å². The Hall–Kier alpha value is -2.69. The van der Waals surface area contributed by atoms with Gasteiger partial charge < -0.3 is 0 Å². The number of anilines is 1. The van der Waals surface area contributed by atoms with Crippen LogP contribution in [0.2, 0.25) is 0 Å². The van der Waals surface area contributed by atoms with Crippen LogP contribution in [0.3, 0.4) is 0 Å². The van der Waals surface area contributed by atoms with Gasteiger partial charge in [-0.2, -0.15) is 5.10 Å². The Balaban J connectivity index is 1.44. The summed E-state index contributed by atoms with van der Waals surface area (Å²) in [5.74, 6) is 4.02. The summed E-state index contributed by atoms with van der Waals surface area (Å²) in [7, 11) is 0. The van der Waals surface area contributed by atoms with E-state index in [0.29, 0.717) is 5.92 Å². The van der Waals surface area contributed by atoms with Crippen molar-refractivity contribution in [2.24, 2.45) is 34.7 Å². The normalized spacial score (nSPS) is 31.8. The van der Waals surface area contributed by atoms with Crippen molar-refractivity contribution in [1.29, 1.82) is 0 Å². The molecule has 0 radical (unpaired) electrons. The van der Waals surface area contributed by atoms with Gasteiger partial charge in [-0.3, -0.25) is 15.5 Å². The summed E-state index contributed by atoms with van der Waals surface area (Å²) in [5, 5.41) is 15.5. The SMILES string of the molecule is O=[N+]([O-])c1ccc(N/N=C(\c2ccccc2)[C@H]2C3C[C@@H]4C2[C@@H]4C3)cc1. The van der Waals surface area contributed by atoms with Crippen molar-refractivity contribution in [2.45, 2.75) is 12.8 Å². The molecule has 5 heteroatoms. The molecule has 4 aliphatic carbocycles. The standard InChI is InChI=1S/C20H19N3O2/c24-23(25)15-8-6-14(7-9-15)21-22-20(12-4-2-1-3-5-12)18-13-10-16-17(11-13)19(16)18/h1-9,13,16-19,21H,10-11H2/b22-20+/t13?,16-,17+,18-,19?/m0/s1. The highest BCUT2D eigenvalue weighted by atomic mass is 16.6. The van der Waals surface area contributed by atoms with Crippen LogP contribution in [-0.2, 0) is 0 Å². The summed E-state index contributed by atoms with van der Waals surface area (Å²) in [6.07, 6.45) is 2.73. The lowest BCUT2D eigenvalue weighted by Crippen LogP contribution is -2.21. The Morgan fingerprint density at radius 3 is 2.28 bits per heavy atom. The number of nitro groups is 1. The molecule has 2 aromatic rings. The minimum Gasteiger partial charge on any atom is -0.278 e. The van der Waals surface area contributed by atoms with Crippen molar-refractivity contribution >= 4 is 17.1 Å². The fourth-order valence-corrected chi connectivity index (χ4v) is 5.20. The quantitative estimate of drug-likeness (QED) is 0.503. The van der Waals surface area contributed by atoms with Gasteiger partial charge in [0.15, 0.2) is 0 Å². The third kappa shape index (κ3) is 2.34. The minimum atomic E-state index is -0.387. The number of rotatable bonds is 5. The maximum absolute atomic E-state index is 10.8. The summed E-state index contributed by atoms with van der Waals surface area (Å²) in [6.45, 7) is 0. The minimum absolute atomic E-state index is 0.0928. The van der Waals surface area contributed by atoms with Crippen LogP contribution in [0.15, 0.2) is 59.7 Å². The van der Waals surface area contributed by atoms with E-state index in [0.717, 1.165) is 35.1 Å². The molecule has 25 heavy (non-hydrogen) atoms. The Bertz CT molecular complexity index is 833. The smallest absolute Gasteiger partial charge is 0.269 e. The number of non-ortho nitro benzene ring substituents is 1. The number of benzene rings is 2. The lowest BCUT2D eigenvalue weighted by Gasteiger charge is -2.18. The first-order valence-corrected chi connectivity index (χ1v) is 8.86. The van der Waals surface area contributed by atoms with Crippen LogP contribution in [0, 0.1) is 39.7 Å². The van der Waals surface area contributed by atoms with E-state index in [9.17, 15) is 10.1 Å². The molecule has 0 saturated heterocycles. The Kier molecular flexibility index (Phi) is 3.17. The summed E-state index contributed by atoms with van der Waals surface area (Å²) >= 11 is 0. The topological polar surface area (TPSA) is 67.5 Å². The van der Waals surface area contributed by atoms with Gasteiger partial charge in [0.2, 0.25) is 0 Å². The summed E-state index contributed by atoms with van der Waals surface area (Å²) in [6, 6.07) is 16.8. The zero-order valence-corrected chi connectivity index (χ0v) is 13.7. The van der Waals surface area contributed by atoms with Crippen molar-refractivity contribution < 1.29 is 4.92 Å². The van der Waals surface area contributed by atoms with E-state index in [1.165, 1.54) is 30.5 Å². The number of hydrogen-bond acceptors (Lipinski definition) is 4. The van der Waals surface area contributed by atoms with Gasteiger partial charge in [0.25, 0.3) is 5.69 Å². The lowest BCUT2D eigenvalue weighted by molar-refractivity contribution is -0.384. The van der Waals surface area contributed by atoms with Gasteiger partial charge in [-0.1, -0.05) is 30.3 Å². The molecule has 2 unspecified atom stereocenters. The van der Waals surface area contributed by atoms with Gasteiger partial charge in [0.1, 0.15) is 0 Å². The monoisotopic (exact) mass is 333 g/mol. The molecule has 5 nitrogen and oxygen atoms in total. The molecule has 5 atom stereocenters. The van der Waals surface area contributed by atoms with Crippen LogP contribution < -0.4 is 5.43 Å². The number of nitro benzene ring substituents is 1. The van der Waals surface area contributed by atoms with Crippen molar-refractivity contribution in [3.8, 4) is 0 Å². The lowest BCUT2D eigenvalue weighted by atomic mass is 9.89. The van der Waals surface area contributed by atoms with E-state index in [-0.39, 0.29) is 10.6 Å². The molecule has 0 spiro atoms. The molecule has 4 saturated carbocycles. The van der Waals surface area contributed by atoms with Gasteiger partial charge in [0, 0.05) is 18.1 Å². The number of nitrogens with one attached hydrogen (secondary N) is 1. The third-order valence-corrected chi connectivity index (χ3v) is 6.24. The molecule has 126 valence electrons. The average Bonchev–Trinajstić information content (AvgIpc) is 3.01. The molecular weight excluding hydrogens is 314 g/mol. The highest BCUT2D eigenvalue weighted by Crippen LogP contribution is 2.73. The number of hydrazone groups is 1. The highest BCUT2D eigenvalue weighted by Gasteiger charge is 2.69.